The van der Waals surface area contributed by atoms with Gasteiger partial charge in [0, 0.05) is 37.5 Å². The van der Waals surface area contributed by atoms with Crippen molar-refractivity contribution in [1.29, 1.82) is 0 Å². The predicted molar refractivity (Wildman–Crippen MR) is 191 cm³/mol. The molecule has 9 rings (SSSR count). The van der Waals surface area contributed by atoms with Gasteiger partial charge >= 0.3 is 0 Å². The van der Waals surface area contributed by atoms with Crippen molar-refractivity contribution in [3.8, 4) is 56.7 Å². The normalized spacial score (nSPS) is 11.4. The molecule has 47 heavy (non-hydrogen) atoms. The minimum Gasteiger partial charge on any atom is -0.236 e. The molecule has 0 saturated carbocycles. The van der Waals surface area contributed by atoms with Crippen LogP contribution in [0.5, 0.6) is 0 Å². The van der Waals surface area contributed by atoms with Gasteiger partial charge in [0.15, 0.2) is 17.5 Å². The van der Waals surface area contributed by atoms with Gasteiger partial charge < -0.3 is 0 Å². The monoisotopic (exact) mass is 620 g/mol. The van der Waals surface area contributed by atoms with Crippen molar-refractivity contribution in [3.05, 3.63) is 146 Å². The first-order valence-electron chi connectivity index (χ1n) is 15.3. The van der Waals surface area contributed by atoms with Crippen LogP contribution in [0, 0.1) is 0 Å². The Morgan fingerprint density at radius 2 is 0.979 bits per heavy atom. The lowest BCUT2D eigenvalue weighted by atomic mass is 10.0. The second-order valence-corrected chi connectivity index (χ2v) is 12.2. The molecule has 0 bridgehead atoms. The highest BCUT2D eigenvalue weighted by atomic mass is 32.1. The number of fused-ring (bicyclic) bond motifs is 4. The second-order valence-electron chi connectivity index (χ2n) is 11.2. The van der Waals surface area contributed by atoms with E-state index >= 15 is 0 Å². The molecule has 0 atom stereocenters. The highest BCUT2D eigenvalue weighted by Crippen LogP contribution is 2.35. The molecule has 0 saturated heterocycles. The molecule has 7 heteroatoms. The van der Waals surface area contributed by atoms with Gasteiger partial charge in [-0.1, -0.05) is 109 Å². The third kappa shape index (κ3) is 4.99. The molecule has 0 aliphatic carbocycles. The van der Waals surface area contributed by atoms with Crippen LogP contribution in [0.4, 0.5) is 0 Å². The lowest BCUT2D eigenvalue weighted by Gasteiger charge is -2.10. The van der Waals surface area contributed by atoms with Crippen molar-refractivity contribution in [2.24, 2.45) is 0 Å². The summed E-state index contributed by atoms with van der Waals surface area (Å²) in [6, 6.07) is 47.3. The van der Waals surface area contributed by atoms with Crippen molar-refractivity contribution < 1.29 is 0 Å². The minimum atomic E-state index is 0.628. The molecule has 0 N–H and O–H groups in total. The number of thiophene rings is 1. The van der Waals surface area contributed by atoms with Gasteiger partial charge in [0.2, 0.25) is 0 Å². The number of rotatable bonds is 5. The number of pyridine rings is 1. The van der Waals surface area contributed by atoms with E-state index in [1.54, 1.807) is 17.7 Å². The van der Waals surface area contributed by atoms with E-state index in [-0.39, 0.29) is 0 Å². The quantitative estimate of drug-likeness (QED) is 0.191. The maximum Gasteiger partial charge on any atom is 0.164 e. The van der Waals surface area contributed by atoms with Crippen LogP contribution in [0.2, 0.25) is 0 Å². The van der Waals surface area contributed by atoms with E-state index in [0.29, 0.717) is 17.5 Å². The maximum atomic E-state index is 5.01. The van der Waals surface area contributed by atoms with Crippen LogP contribution in [-0.4, -0.2) is 29.9 Å². The fourth-order valence-electron chi connectivity index (χ4n) is 5.93. The molecule has 0 spiro atoms. The zero-order valence-electron chi connectivity index (χ0n) is 24.9. The molecule has 4 aromatic heterocycles. The van der Waals surface area contributed by atoms with Gasteiger partial charge in [-0.25, -0.2) is 29.9 Å². The van der Waals surface area contributed by atoms with Crippen molar-refractivity contribution in [1.82, 2.24) is 29.9 Å². The van der Waals surface area contributed by atoms with Gasteiger partial charge in [0.05, 0.1) is 16.9 Å². The third-order valence-electron chi connectivity index (χ3n) is 8.30. The Morgan fingerprint density at radius 1 is 0.404 bits per heavy atom. The maximum absolute atomic E-state index is 5.01. The Hall–Kier alpha value is -6.18. The van der Waals surface area contributed by atoms with Crippen LogP contribution >= 0.6 is 11.3 Å². The topological polar surface area (TPSA) is 77.3 Å². The molecule has 0 unspecified atom stereocenters. The van der Waals surface area contributed by atoms with E-state index in [0.717, 1.165) is 54.9 Å². The standard InChI is InChI=1S/C40H24N6S/c1-3-9-26(10-4-1)37-44-38(27-11-5-2-6-12-27)46-39(45-37)28-17-15-25(16-18-28)29-19-20-32-34(23-29)41-24-42-36(32)33-22-21-31-30-13-7-8-14-35(30)47-40(31)43-33/h1-24H. The third-order valence-corrected chi connectivity index (χ3v) is 9.38. The molecular weight excluding hydrogens is 597 g/mol. The van der Waals surface area contributed by atoms with Crippen LogP contribution in [0.1, 0.15) is 0 Å². The van der Waals surface area contributed by atoms with Gasteiger partial charge in [-0.15, -0.1) is 11.3 Å². The number of hydrogen-bond donors (Lipinski definition) is 0. The first-order chi connectivity index (χ1) is 23.3. The second kappa shape index (κ2) is 11.3. The molecule has 9 aromatic rings. The molecule has 0 fully saturated rings. The van der Waals surface area contributed by atoms with Gasteiger partial charge in [0.25, 0.3) is 0 Å². The highest BCUT2D eigenvalue weighted by molar-refractivity contribution is 7.25. The number of benzene rings is 5. The lowest BCUT2D eigenvalue weighted by molar-refractivity contribution is 1.07. The zero-order valence-corrected chi connectivity index (χ0v) is 25.8. The molecule has 0 amide bonds. The fraction of sp³-hybridized carbons (Fsp3) is 0. The van der Waals surface area contributed by atoms with E-state index in [9.17, 15) is 0 Å². The van der Waals surface area contributed by atoms with E-state index in [2.05, 4.69) is 88.8 Å². The zero-order chi connectivity index (χ0) is 31.2. The van der Waals surface area contributed by atoms with Crippen LogP contribution < -0.4 is 0 Å². The minimum absolute atomic E-state index is 0.628. The van der Waals surface area contributed by atoms with Crippen LogP contribution in [0.15, 0.2) is 146 Å². The first kappa shape index (κ1) is 27.2. The summed E-state index contributed by atoms with van der Waals surface area (Å²) in [5.41, 5.74) is 7.48. The van der Waals surface area contributed by atoms with E-state index in [1.807, 2.05) is 60.7 Å². The van der Waals surface area contributed by atoms with Gasteiger partial charge in [-0.2, -0.15) is 0 Å². The van der Waals surface area contributed by atoms with Crippen LogP contribution in [0.25, 0.3) is 87.9 Å². The summed E-state index contributed by atoms with van der Waals surface area (Å²) in [6.45, 7) is 0. The van der Waals surface area contributed by atoms with E-state index in [1.165, 1.54) is 15.5 Å². The number of nitrogens with zero attached hydrogens (tertiary/aromatic N) is 6. The highest BCUT2D eigenvalue weighted by Gasteiger charge is 2.14. The van der Waals surface area contributed by atoms with Gasteiger partial charge in [0.1, 0.15) is 11.2 Å². The molecule has 0 radical (unpaired) electrons. The molecule has 5 aromatic carbocycles. The molecule has 6 nitrogen and oxygen atoms in total. The van der Waals surface area contributed by atoms with E-state index < -0.39 is 0 Å². The average Bonchev–Trinajstić information content (AvgIpc) is 3.53. The number of aromatic nitrogens is 6. The van der Waals surface area contributed by atoms with Crippen molar-refractivity contribution >= 4 is 42.5 Å². The van der Waals surface area contributed by atoms with E-state index in [4.69, 9.17) is 19.9 Å². The molecule has 4 heterocycles. The van der Waals surface area contributed by atoms with Crippen LogP contribution in [0.3, 0.4) is 0 Å². The smallest absolute Gasteiger partial charge is 0.164 e. The summed E-state index contributed by atoms with van der Waals surface area (Å²) >= 11 is 1.71. The Labute approximate surface area is 274 Å². The van der Waals surface area contributed by atoms with Crippen molar-refractivity contribution in [2.45, 2.75) is 0 Å². The molecular formula is C40H24N6S. The Kier molecular flexibility index (Phi) is 6.54. The predicted octanol–water partition coefficient (Wildman–Crippen LogP) is 9.91. The largest absolute Gasteiger partial charge is 0.236 e. The summed E-state index contributed by atoms with van der Waals surface area (Å²) < 4.78 is 1.24. The Morgan fingerprint density at radius 3 is 1.68 bits per heavy atom. The first-order valence-corrected chi connectivity index (χ1v) is 16.1. The molecule has 0 aliphatic heterocycles. The summed E-state index contributed by atoms with van der Waals surface area (Å²) in [7, 11) is 0. The van der Waals surface area contributed by atoms with Crippen LogP contribution in [-0.2, 0) is 0 Å². The fourth-order valence-corrected chi connectivity index (χ4v) is 7.00. The number of hydrogen-bond acceptors (Lipinski definition) is 7. The average molecular weight is 621 g/mol. The Bertz CT molecular complexity index is 2510. The summed E-state index contributed by atoms with van der Waals surface area (Å²) in [5.74, 6) is 1.91. The van der Waals surface area contributed by atoms with Crippen molar-refractivity contribution in [3.63, 3.8) is 0 Å². The van der Waals surface area contributed by atoms with Gasteiger partial charge in [-0.05, 0) is 41.5 Å². The summed E-state index contributed by atoms with van der Waals surface area (Å²) in [6.07, 6.45) is 1.62. The lowest BCUT2D eigenvalue weighted by Crippen LogP contribution is -2.00. The summed E-state index contributed by atoms with van der Waals surface area (Å²) in [4.78, 5) is 29.9. The van der Waals surface area contributed by atoms with Crippen molar-refractivity contribution in [2.75, 3.05) is 0 Å². The van der Waals surface area contributed by atoms with Gasteiger partial charge in [-0.3, -0.25) is 0 Å². The molecule has 0 aliphatic rings. The Balaban J connectivity index is 1.07. The molecule has 220 valence electrons. The summed E-state index contributed by atoms with van der Waals surface area (Å²) in [5, 5.41) is 3.37. The SMILES string of the molecule is c1ccc(-c2nc(-c3ccccc3)nc(-c3ccc(-c4ccc5c(-c6ccc7c(n6)sc6ccccc67)ncnc5c4)cc3)n2)cc1.